The summed E-state index contributed by atoms with van der Waals surface area (Å²) in [7, 11) is 1.67. The van der Waals surface area contributed by atoms with Gasteiger partial charge < -0.3 is 9.30 Å². The van der Waals surface area contributed by atoms with Gasteiger partial charge in [-0.2, -0.15) is 0 Å². The maximum Gasteiger partial charge on any atom is 0.152 e. The third kappa shape index (κ3) is 1.95. The Morgan fingerprint density at radius 1 is 1.28 bits per heavy atom. The van der Waals surface area contributed by atoms with Gasteiger partial charge in [-0.15, -0.1) is 0 Å². The summed E-state index contributed by atoms with van der Waals surface area (Å²) in [6.45, 7) is 6.79. The molecule has 1 aromatic heterocycles. The molecule has 0 aliphatic carbocycles. The van der Waals surface area contributed by atoms with Crippen LogP contribution >= 0.6 is 0 Å². The Labute approximate surface area is 107 Å². The first-order valence-corrected chi connectivity index (χ1v) is 6.06. The van der Waals surface area contributed by atoms with E-state index in [1.807, 2.05) is 24.3 Å². The van der Waals surface area contributed by atoms with Crippen molar-refractivity contribution in [2.75, 3.05) is 7.11 Å². The van der Waals surface area contributed by atoms with Crippen molar-refractivity contribution in [1.82, 2.24) is 4.57 Å². The molecular formula is C15H19NO2. The van der Waals surface area contributed by atoms with Gasteiger partial charge in [-0.3, -0.25) is 4.79 Å². The lowest BCUT2D eigenvalue weighted by molar-refractivity contribution is 0.111. The molecule has 0 amide bonds. The fraction of sp³-hybridized carbons (Fsp3) is 0.400. The van der Waals surface area contributed by atoms with Crippen LogP contribution in [-0.4, -0.2) is 18.0 Å². The van der Waals surface area contributed by atoms with Crippen molar-refractivity contribution in [1.29, 1.82) is 0 Å². The molecule has 0 radical (unpaired) electrons. The van der Waals surface area contributed by atoms with Gasteiger partial charge in [0, 0.05) is 29.2 Å². The zero-order valence-corrected chi connectivity index (χ0v) is 11.4. The van der Waals surface area contributed by atoms with Gasteiger partial charge in [-0.1, -0.05) is 39.0 Å². The van der Waals surface area contributed by atoms with E-state index in [0.29, 0.717) is 6.73 Å². The van der Waals surface area contributed by atoms with Crippen LogP contribution in [0.25, 0.3) is 10.9 Å². The van der Waals surface area contributed by atoms with E-state index >= 15 is 0 Å². The maximum atomic E-state index is 11.5. The summed E-state index contributed by atoms with van der Waals surface area (Å²) in [4.78, 5) is 11.5. The predicted octanol–water partition coefficient (Wildman–Crippen LogP) is 3.36. The fourth-order valence-electron chi connectivity index (χ4n) is 2.52. The molecule has 0 bridgehead atoms. The SMILES string of the molecule is COCn1c(C(C)(C)C)c(C=O)c2ccccc21. The van der Waals surface area contributed by atoms with Gasteiger partial charge >= 0.3 is 0 Å². The van der Waals surface area contributed by atoms with Gasteiger partial charge in [0.2, 0.25) is 0 Å². The van der Waals surface area contributed by atoms with Crippen LogP contribution in [0.1, 0.15) is 36.8 Å². The lowest BCUT2D eigenvalue weighted by Crippen LogP contribution is -2.20. The first-order chi connectivity index (χ1) is 8.50. The van der Waals surface area contributed by atoms with E-state index in [1.54, 1.807) is 7.11 Å². The number of para-hydroxylation sites is 1. The van der Waals surface area contributed by atoms with Crippen LogP contribution in [0.15, 0.2) is 24.3 Å². The van der Waals surface area contributed by atoms with E-state index in [2.05, 4.69) is 25.3 Å². The number of fused-ring (bicyclic) bond motifs is 1. The number of methoxy groups -OCH3 is 1. The monoisotopic (exact) mass is 245 g/mol. The van der Waals surface area contributed by atoms with Crippen LogP contribution in [0.4, 0.5) is 0 Å². The minimum absolute atomic E-state index is 0.103. The van der Waals surface area contributed by atoms with Gasteiger partial charge in [-0.25, -0.2) is 0 Å². The zero-order chi connectivity index (χ0) is 13.3. The van der Waals surface area contributed by atoms with Gasteiger partial charge in [-0.05, 0) is 6.07 Å². The average molecular weight is 245 g/mol. The van der Waals surface area contributed by atoms with E-state index in [1.165, 1.54) is 0 Å². The van der Waals surface area contributed by atoms with Gasteiger partial charge in [0.1, 0.15) is 6.73 Å². The molecule has 1 aromatic carbocycles. The highest BCUT2D eigenvalue weighted by atomic mass is 16.5. The standard InChI is InChI=1S/C15H19NO2/c1-15(2,3)14-12(9-17)11-7-5-6-8-13(11)16(14)10-18-4/h5-9H,10H2,1-4H3. The second kappa shape index (κ2) is 4.58. The summed E-state index contributed by atoms with van der Waals surface area (Å²) >= 11 is 0. The molecule has 18 heavy (non-hydrogen) atoms. The highest BCUT2D eigenvalue weighted by Crippen LogP contribution is 2.33. The number of hydrogen-bond donors (Lipinski definition) is 0. The molecule has 0 unspecified atom stereocenters. The lowest BCUT2D eigenvalue weighted by atomic mass is 9.89. The van der Waals surface area contributed by atoms with Crippen molar-refractivity contribution in [3.8, 4) is 0 Å². The fourth-order valence-corrected chi connectivity index (χ4v) is 2.52. The van der Waals surface area contributed by atoms with Gasteiger partial charge in [0.05, 0.1) is 5.52 Å². The molecule has 0 saturated heterocycles. The number of aldehydes is 1. The van der Waals surface area contributed by atoms with Gasteiger partial charge in [0.15, 0.2) is 6.29 Å². The Balaban J connectivity index is 2.87. The molecule has 3 nitrogen and oxygen atoms in total. The molecular weight excluding hydrogens is 226 g/mol. The number of carbonyl (C=O) groups excluding carboxylic acids is 1. The first-order valence-electron chi connectivity index (χ1n) is 6.06. The van der Waals surface area contributed by atoms with Crippen LogP contribution in [0.3, 0.4) is 0 Å². The average Bonchev–Trinajstić information content (AvgIpc) is 2.64. The number of benzene rings is 1. The molecule has 3 heteroatoms. The van der Waals surface area contributed by atoms with E-state index in [9.17, 15) is 4.79 Å². The summed E-state index contributed by atoms with van der Waals surface area (Å²) in [6.07, 6.45) is 0.953. The number of hydrogen-bond acceptors (Lipinski definition) is 2. The molecule has 0 spiro atoms. The first kappa shape index (κ1) is 12.8. The minimum Gasteiger partial charge on any atom is -0.364 e. The number of aromatic nitrogens is 1. The molecule has 96 valence electrons. The highest BCUT2D eigenvalue weighted by Gasteiger charge is 2.26. The van der Waals surface area contributed by atoms with E-state index in [-0.39, 0.29) is 5.41 Å². The van der Waals surface area contributed by atoms with Crippen molar-refractivity contribution in [3.05, 3.63) is 35.5 Å². The maximum absolute atomic E-state index is 11.5. The smallest absolute Gasteiger partial charge is 0.152 e. The van der Waals surface area contributed by atoms with Crippen LogP contribution in [0, 0.1) is 0 Å². The summed E-state index contributed by atoms with van der Waals surface area (Å²) in [6, 6.07) is 7.95. The van der Waals surface area contributed by atoms with Crippen molar-refractivity contribution in [2.45, 2.75) is 32.9 Å². The van der Waals surface area contributed by atoms with Crippen molar-refractivity contribution >= 4 is 17.2 Å². The summed E-state index contributed by atoms with van der Waals surface area (Å²) in [5.74, 6) is 0. The third-order valence-corrected chi connectivity index (χ3v) is 3.10. The highest BCUT2D eigenvalue weighted by molar-refractivity contribution is 5.99. The molecule has 2 rings (SSSR count). The van der Waals surface area contributed by atoms with E-state index < -0.39 is 0 Å². The molecule has 0 N–H and O–H groups in total. The minimum atomic E-state index is -0.103. The number of carbonyl (C=O) groups is 1. The summed E-state index contributed by atoms with van der Waals surface area (Å²) < 4.78 is 7.36. The topological polar surface area (TPSA) is 31.2 Å². The molecule has 0 saturated carbocycles. The molecule has 0 fully saturated rings. The number of nitrogens with zero attached hydrogens (tertiary/aromatic N) is 1. The Morgan fingerprint density at radius 3 is 2.50 bits per heavy atom. The van der Waals surface area contributed by atoms with Crippen LogP contribution in [0.5, 0.6) is 0 Å². The van der Waals surface area contributed by atoms with Crippen LogP contribution < -0.4 is 0 Å². The van der Waals surface area contributed by atoms with E-state index in [4.69, 9.17) is 4.74 Å². The molecule has 1 heterocycles. The number of ether oxygens (including phenoxy) is 1. The molecule has 0 atom stereocenters. The van der Waals surface area contributed by atoms with Crippen molar-refractivity contribution < 1.29 is 9.53 Å². The Kier molecular flexibility index (Phi) is 3.26. The molecule has 0 aliphatic rings. The zero-order valence-electron chi connectivity index (χ0n) is 11.4. The van der Waals surface area contributed by atoms with Crippen LogP contribution in [-0.2, 0) is 16.9 Å². The van der Waals surface area contributed by atoms with E-state index in [0.717, 1.165) is 28.4 Å². The normalized spacial score (nSPS) is 12.0. The third-order valence-electron chi connectivity index (χ3n) is 3.10. The Bertz CT molecular complexity index is 576. The predicted molar refractivity (Wildman–Crippen MR) is 73.0 cm³/mol. The lowest BCUT2D eigenvalue weighted by Gasteiger charge is -2.22. The quantitative estimate of drug-likeness (QED) is 0.776. The summed E-state index contributed by atoms with van der Waals surface area (Å²) in [5, 5.41) is 0.995. The van der Waals surface area contributed by atoms with Gasteiger partial charge in [0.25, 0.3) is 0 Å². The Hall–Kier alpha value is -1.61. The van der Waals surface area contributed by atoms with Crippen molar-refractivity contribution in [3.63, 3.8) is 0 Å². The Morgan fingerprint density at radius 2 is 1.94 bits per heavy atom. The largest absolute Gasteiger partial charge is 0.364 e. The van der Waals surface area contributed by atoms with Crippen LogP contribution in [0.2, 0.25) is 0 Å². The number of rotatable bonds is 3. The molecule has 0 aliphatic heterocycles. The molecule has 2 aromatic rings. The van der Waals surface area contributed by atoms with Crippen molar-refractivity contribution in [2.24, 2.45) is 0 Å². The summed E-state index contributed by atoms with van der Waals surface area (Å²) in [5.41, 5.74) is 2.75. The second-order valence-corrected chi connectivity index (χ2v) is 5.49. The second-order valence-electron chi connectivity index (χ2n) is 5.49.